The van der Waals surface area contributed by atoms with Gasteiger partial charge in [0.15, 0.2) is 0 Å². The summed E-state index contributed by atoms with van der Waals surface area (Å²) in [6, 6.07) is 5.27. The Bertz CT molecular complexity index is 922. The number of benzene rings is 1. The molecule has 1 aliphatic heterocycles. The summed E-state index contributed by atoms with van der Waals surface area (Å²) in [5.41, 5.74) is -0.0856. The largest absolute Gasteiger partial charge is 0.416 e. The Morgan fingerprint density at radius 2 is 2.04 bits per heavy atom. The number of carbonyl (C=O) groups excluding carboxylic acids is 1. The normalized spacial score (nSPS) is 14.1. The number of fused-ring (bicyclic) bond motifs is 1. The average Bonchev–Trinajstić information content (AvgIpc) is 2.65. The Morgan fingerprint density at radius 1 is 1.29 bits per heavy atom. The predicted octanol–water partition coefficient (Wildman–Crippen LogP) is 3.45. The Kier molecular flexibility index (Phi) is 5.86. The van der Waals surface area contributed by atoms with Gasteiger partial charge in [0.05, 0.1) is 23.4 Å². The number of hydrogen-bond donors (Lipinski definition) is 1. The van der Waals surface area contributed by atoms with Gasteiger partial charge in [-0.2, -0.15) is 13.2 Å². The van der Waals surface area contributed by atoms with Gasteiger partial charge in [-0.25, -0.2) is 4.98 Å². The molecule has 150 valence electrons. The van der Waals surface area contributed by atoms with Crippen LogP contribution in [-0.2, 0) is 30.4 Å². The van der Waals surface area contributed by atoms with Gasteiger partial charge in [-0.05, 0) is 18.1 Å². The van der Waals surface area contributed by atoms with Crippen molar-refractivity contribution in [2.24, 2.45) is 0 Å². The van der Waals surface area contributed by atoms with Crippen LogP contribution in [-0.4, -0.2) is 27.3 Å². The van der Waals surface area contributed by atoms with Crippen LogP contribution in [0.3, 0.4) is 0 Å². The molecule has 1 aromatic heterocycles. The first-order chi connectivity index (χ1) is 13.3. The van der Waals surface area contributed by atoms with Crippen LogP contribution in [0.25, 0.3) is 0 Å². The molecule has 1 amide bonds. The molecular weight excluding hydrogens is 371 g/mol. The van der Waals surface area contributed by atoms with E-state index in [4.69, 9.17) is 0 Å². The third-order valence-corrected chi connectivity index (χ3v) is 4.90. The van der Waals surface area contributed by atoms with Gasteiger partial charge in [-0.15, -0.1) is 0 Å². The van der Waals surface area contributed by atoms with Gasteiger partial charge >= 0.3 is 6.18 Å². The Labute approximate surface area is 160 Å². The molecule has 0 atom stereocenters. The maximum Gasteiger partial charge on any atom is 0.416 e. The summed E-state index contributed by atoms with van der Waals surface area (Å²) in [7, 11) is 0. The summed E-state index contributed by atoms with van der Waals surface area (Å²) in [6.07, 6.45) is -1.99. The monoisotopic (exact) mass is 393 g/mol. The predicted molar refractivity (Wildman–Crippen MR) is 97.8 cm³/mol. The maximum absolute atomic E-state index is 13.2. The lowest BCUT2D eigenvalue weighted by Crippen LogP contribution is -2.39. The lowest BCUT2D eigenvalue weighted by molar-refractivity contribution is -0.138. The third-order valence-electron chi connectivity index (χ3n) is 4.90. The van der Waals surface area contributed by atoms with Crippen LogP contribution in [0.2, 0.25) is 0 Å². The zero-order valence-corrected chi connectivity index (χ0v) is 15.6. The first-order valence-electron chi connectivity index (χ1n) is 9.33. The number of halogens is 3. The van der Waals surface area contributed by atoms with Crippen molar-refractivity contribution in [3.63, 3.8) is 0 Å². The summed E-state index contributed by atoms with van der Waals surface area (Å²) in [5.74, 6) is 0.210. The first kappa shape index (κ1) is 20.1. The lowest BCUT2D eigenvalue weighted by atomic mass is 10.0. The zero-order chi connectivity index (χ0) is 20.3. The molecule has 0 aliphatic carbocycles. The quantitative estimate of drug-likeness (QED) is 0.846. The van der Waals surface area contributed by atoms with Crippen LogP contribution in [0.5, 0.6) is 0 Å². The number of unbranched alkanes of at least 4 members (excludes halogenated alkanes) is 1. The van der Waals surface area contributed by atoms with Crippen molar-refractivity contribution in [1.29, 1.82) is 0 Å². The van der Waals surface area contributed by atoms with E-state index in [1.165, 1.54) is 18.2 Å². The van der Waals surface area contributed by atoms with E-state index in [0.717, 1.165) is 18.9 Å². The molecule has 1 aliphatic rings. The number of amides is 1. The molecule has 3 rings (SSSR count). The number of nitrogens with one attached hydrogen (secondary N) is 1. The number of aromatic nitrogens is 2. The summed E-state index contributed by atoms with van der Waals surface area (Å²) in [6.45, 7) is 2.66. The number of hydrogen-bond acceptors (Lipinski definition) is 3. The van der Waals surface area contributed by atoms with Crippen LogP contribution < -0.4 is 5.56 Å². The SMILES string of the molecule is CCCCC(=O)N1CCc2nc(Cc3ccccc3C(F)(F)F)[nH]c(=O)c2C1. The fraction of sp³-hybridized carbons (Fsp3) is 0.450. The van der Waals surface area contributed by atoms with Gasteiger partial charge < -0.3 is 9.88 Å². The second kappa shape index (κ2) is 8.16. The lowest BCUT2D eigenvalue weighted by Gasteiger charge is -2.28. The molecule has 0 fully saturated rings. The minimum absolute atomic E-state index is 0.00933. The standard InChI is InChI=1S/C20H22F3N3O2/c1-2-3-8-18(27)26-10-9-16-14(12-26)19(28)25-17(24-16)11-13-6-4-5-7-15(13)20(21,22)23/h4-7H,2-3,8-12H2,1H3,(H,24,25,28). The molecule has 2 heterocycles. The highest BCUT2D eigenvalue weighted by atomic mass is 19.4. The van der Waals surface area contributed by atoms with Gasteiger partial charge in [0.1, 0.15) is 5.82 Å². The van der Waals surface area contributed by atoms with E-state index in [-0.39, 0.29) is 30.3 Å². The second-order valence-electron chi connectivity index (χ2n) is 6.94. The molecule has 1 N–H and O–H groups in total. The van der Waals surface area contributed by atoms with Crippen molar-refractivity contribution in [3.05, 3.63) is 62.8 Å². The fourth-order valence-corrected chi connectivity index (χ4v) is 3.39. The molecule has 0 radical (unpaired) electrons. The van der Waals surface area contributed by atoms with E-state index in [9.17, 15) is 22.8 Å². The highest BCUT2D eigenvalue weighted by Crippen LogP contribution is 2.32. The topological polar surface area (TPSA) is 66.1 Å². The highest BCUT2D eigenvalue weighted by molar-refractivity contribution is 5.76. The maximum atomic E-state index is 13.2. The molecule has 0 bridgehead atoms. The number of alkyl halides is 3. The Morgan fingerprint density at radius 3 is 2.75 bits per heavy atom. The number of carbonyl (C=O) groups is 1. The molecule has 28 heavy (non-hydrogen) atoms. The molecular formula is C20H22F3N3O2. The van der Waals surface area contributed by atoms with Crippen molar-refractivity contribution >= 4 is 5.91 Å². The minimum atomic E-state index is -4.47. The van der Waals surface area contributed by atoms with Crippen molar-refractivity contribution in [2.45, 2.75) is 51.7 Å². The van der Waals surface area contributed by atoms with E-state index < -0.39 is 17.3 Å². The van der Waals surface area contributed by atoms with Gasteiger partial charge in [0.25, 0.3) is 5.56 Å². The highest BCUT2D eigenvalue weighted by Gasteiger charge is 2.33. The Balaban J connectivity index is 1.83. The average molecular weight is 393 g/mol. The van der Waals surface area contributed by atoms with E-state index in [0.29, 0.717) is 30.6 Å². The van der Waals surface area contributed by atoms with Crippen molar-refractivity contribution in [1.82, 2.24) is 14.9 Å². The fourth-order valence-electron chi connectivity index (χ4n) is 3.39. The van der Waals surface area contributed by atoms with Crippen LogP contribution in [0.1, 0.15) is 54.4 Å². The van der Waals surface area contributed by atoms with E-state index in [2.05, 4.69) is 9.97 Å². The summed E-state index contributed by atoms with van der Waals surface area (Å²) >= 11 is 0. The van der Waals surface area contributed by atoms with Gasteiger partial charge in [0.2, 0.25) is 5.91 Å². The zero-order valence-electron chi connectivity index (χ0n) is 15.6. The van der Waals surface area contributed by atoms with Crippen LogP contribution >= 0.6 is 0 Å². The van der Waals surface area contributed by atoms with Crippen molar-refractivity contribution in [2.75, 3.05) is 6.54 Å². The molecule has 1 aromatic carbocycles. The number of aromatic amines is 1. The number of H-pyrrole nitrogens is 1. The van der Waals surface area contributed by atoms with Crippen LogP contribution in [0.4, 0.5) is 13.2 Å². The van der Waals surface area contributed by atoms with Gasteiger partial charge in [-0.3, -0.25) is 9.59 Å². The number of nitrogens with zero attached hydrogens (tertiary/aromatic N) is 2. The third kappa shape index (κ3) is 4.43. The molecule has 0 unspecified atom stereocenters. The van der Waals surface area contributed by atoms with Gasteiger partial charge in [0, 0.05) is 25.8 Å². The Hall–Kier alpha value is -2.64. The molecule has 0 spiro atoms. The molecule has 2 aromatic rings. The smallest absolute Gasteiger partial charge is 0.338 e. The first-order valence-corrected chi connectivity index (χ1v) is 9.33. The van der Waals surface area contributed by atoms with Gasteiger partial charge in [-0.1, -0.05) is 31.5 Å². The van der Waals surface area contributed by atoms with E-state index >= 15 is 0 Å². The van der Waals surface area contributed by atoms with Crippen molar-refractivity contribution < 1.29 is 18.0 Å². The van der Waals surface area contributed by atoms with Crippen LogP contribution in [0.15, 0.2) is 29.1 Å². The summed E-state index contributed by atoms with van der Waals surface area (Å²) in [4.78, 5) is 33.3. The minimum Gasteiger partial charge on any atom is -0.338 e. The summed E-state index contributed by atoms with van der Waals surface area (Å²) < 4.78 is 39.5. The van der Waals surface area contributed by atoms with Crippen LogP contribution in [0, 0.1) is 0 Å². The molecule has 0 saturated carbocycles. The number of rotatable bonds is 5. The van der Waals surface area contributed by atoms with Crippen molar-refractivity contribution in [3.8, 4) is 0 Å². The second-order valence-corrected chi connectivity index (χ2v) is 6.94. The molecule has 8 heteroatoms. The molecule has 0 saturated heterocycles. The van der Waals surface area contributed by atoms with E-state index in [1.54, 1.807) is 4.90 Å². The van der Waals surface area contributed by atoms with E-state index in [1.807, 2.05) is 6.92 Å². The summed E-state index contributed by atoms with van der Waals surface area (Å²) in [5, 5.41) is 0. The molecule has 5 nitrogen and oxygen atoms in total.